The van der Waals surface area contributed by atoms with Gasteiger partial charge in [0.05, 0.1) is 0 Å². The highest BCUT2D eigenvalue weighted by Crippen LogP contribution is 2.49. The van der Waals surface area contributed by atoms with Crippen LogP contribution in [0.5, 0.6) is 0 Å². The van der Waals surface area contributed by atoms with E-state index in [1.807, 2.05) is 11.6 Å². The van der Waals surface area contributed by atoms with Crippen LogP contribution >= 0.6 is 0 Å². The Balaban J connectivity index is 1.65. The van der Waals surface area contributed by atoms with Gasteiger partial charge in [-0.05, 0) is 38.8 Å². The predicted octanol–water partition coefficient (Wildman–Crippen LogP) is 0.521. The highest BCUT2D eigenvalue weighted by molar-refractivity contribution is 5.81. The molecule has 2 aliphatic heterocycles. The fraction of sp³-hybridized carbons (Fsp3) is 0.800. The fourth-order valence-corrected chi connectivity index (χ4v) is 4.12. The maximum absolute atomic E-state index is 12.5. The molecule has 1 amide bonds. The van der Waals surface area contributed by atoms with Gasteiger partial charge in [-0.15, -0.1) is 10.2 Å². The Kier molecular flexibility index (Phi) is 3.03. The van der Waals surface area contributed by atoms with Gasteiger partial charge >= 0.3 is 0 Å². The molecule has 3 heterocycles. The Morgan fingerprint density at radius 3 is 2.76 bits per heavy atom. The van der Waals surface area contributed by atoms with Gasteiger partial charge < -0.3 is 14.8 Å². The minimum Gasteiger partial charge on any atom is -0.341 e. The van der Waals surface area contributed by atoms with Crippen molar-refractivity contribution >= 4 is 5.91 Å². The van der Waals surface area contributed by atoms with Crippen LogP contribution in [0, 0.1) is 11.3 Å². The first-order chi connectivity index (χ1) is 10.2. The van der Waals surface area contributed by atoms with Crippen molar-refractivity contribution in [1.82, 2.24) is 25.0 Å². The van der Waals surface area contributed by atoms with E-state index in [0.29, 0.717) is 17.7 Å². The monoisotopic (exact) mass is 289 g/mol. The van der Waals surface area contributed by atoms with Gasteiger partial charge in [-0.25, -0.2) is 0 Å². The van der Waals surface area contributed by atoms with Crippen LogP contribution in [0.4, 0.5) is 0 Å². The second-order valence-electron chi connectivity index (χ2n) is 6.96. The zero-order valence-corrected chi connectivity index (χ0v) is 12.6. The number of hydrogen-bond acceptors (Lipinski definition) is 4. The predicted molar refractivity (Wildman–Crippen MR) is 77.6 cm³/mol. The lowest BCUT2D eigenvalue weighted by atomic mass is 9.71. The van der Waals surface area contributed by atoms with E-state index in [1.165, 1.54) is 0 Å². The van der Waals surface area contributed by atoms with Crippen LogP contribution in [0.25, 0.3) is 0 Å². The molecule has 3 aliphatic rings. The van der Waals surface area contributed by atoms with E-state index in [1.54, 1.807) is 6.33 Å². The van der Waals surface area contributed by atoms with Crippen LogP contribution in [0.2, 0.25) is 0 Å². The van der Waals surface area contributed by atoms with Crippen molar-refractivity contribution in [1.29, 1.82) is 0 Å². The fourth-order valence-electron chi connectivity index (χ4n) is 4.12. The van der Waals surface area contributed by atoms with Gasteiger partial charge in [0.2, 0.25) is 5.91 Å². The van der Waals surface area contributed by atoms with E-state index in [-0.39, 0.29) is 5.41 Å². The molecule has 1 aliphatic carbocycles. The van der Waals surface area contributed by atoms with E-state index in [0.717, 1.165) is 57.7 Å². The number of nitrogens with one attached hydrogen (secondary N) is 1. The highest BCUT2D eigenvalue weighted by atomic mass is 16.2. The van der Waals surface area contributed by atoms with Crippen LogP contribution in [0.15, 0.2) is 6.33 Å². The maximum atomic E-state index is 12.5. The molecular weight excluding hydrogens is 266 g/mol. The lowest BCUT2D eigenvalue weighted by Crippen LogP contribution is -2.42. The van der Waals surface area contributed by atoms with Crippen LogP contribution < -0.4 is 5.32 Å². The average molecular weight is 289 g/mol. The van der Waals surface area contributed by atoms with Gasteiger partial charge in [-0.1, -0.05) is 0 Å². The van der Waals surface area contributed by atoms with E-state index in [2.05, 4.69) is 20.4 Å². The molecular formula is C15H23N5O. The number of likely N-dealkylation sites (tertiary alicyclic amines) is 1. The summed E-state index contributed by atoms with van der Waals surface area (Å²) >= 11 is 0. The number of nitrogens with zero attached hydrogens (tertiary/aromatic N) is 4. The molecule has 2 saturated heterocycles. The number of rotatable bonds is 2. The molecule has 4 rings (SSSR count). The zero-order chi connectivity index (χ0) is 14.4. The number of aromatic nitrogens is 3. The maximum Gasteiger partial charge on any atom is 0.225 e. The third kappa shape index (κ3) is 2.16. The molecule has 1 unspecified atom stereocenters. The third-order valence-electron chi connectivity index (χ3n) is 5.54. The highest BCUT2D eigenvalue weighted by Gasteiger charge is 2.51. The van der Waals surface area contributed by atoms with Crippen molar-refractivity contribution in [2.24, 2.45) is 18.4 Å². The molecule has 21 heavy (non-hydrogen) atoms. The van der Waals surface area contributed by atoms with Crippen LogP contribution in [-0.4, -0.2) is 51.8 Å². The van der Waals surface area contributed by atoms with Crippen molar-refractivity contribution in [3.05, 3.63) is 12.2 Å². The van der Waals surface area contributed by atoms with Crippen molar-refractivity contribution in [2.45, 2.75) is 31.6 Å². The van der Waals surface area contributed by atoms with Crippen molar-refractivity contribution in [3.8, 4) is 0 Å². The summed E-state index contributed by atoms with van der Waals surface area (Å²) in [5.74, 6) is 2.05. The topological polar surface area (TPSA) is 63.1 Å². The number of piperidine rings is 1. The lowest BCUT2D eigenvalue weighted by molar-refractivity contribution is -0.132. The first-order valence-corrected chi connectivity index (χ1v) is 8.03. The smallest absolute Gasteiger partial charge is 0.225 e. The van der Waals surface area contributed by atoms with Gasteiger partial charge in [0.1, 0.15) is 12.2 Å². The van der Waals surface area contributed by atoms with Crippen LogP contribution in [0.3, 0.4) is 0 Å². The second-order valence-corrected chi connectivity index (χ2v) is 6.96. The molecule has 1 spiro atoms. The number of carbonyl (C=O) groups is 1. The molecule has 6 nitrogen and oxygen atoms in total. The molecule has 1 N–H and O–H groups in total. The van der Waals surface area contributed by atoms with Crippen molar-refractivity contribution in [2.75, 3.05) is 26.2 Å². The minimum atomic E-state index is 0.191. The lowest BCUT2D eigenvalue weighted by Gasteiger charge is -2.37. The quantitative estimate of drug-likeness (QED) is 0.862. The average Bonchev–Trinajstić information content (AvgIpc) is 3.18. The summed E-state index contributed by atoms with van der Waals surface area (Å²) in [7, 11) is 2.01. The number of amides is 1. The molecule has 1 aromatic rings. The van der Waals surface area contributed by atoms with Gasteiger partial charge in [0.25, 0.3) is 0 Å². The summed E-state index contributed by atoms with van der Waals surface area (Å²) in [5.41, 5.74) is 0.191. The van der Waals surface area contributed by atoms with Crippen LogP contribution in [0.1, 0.15) is 37.4 Å². The summed E-state index contributed by atoms with van der Waals surface area (Å²) in [6.45, 7) is 3.81. The number of carbonyl (C=O) groups excluding carboxylic acids is 1. The van der Waals surface area contributed by atoms with Gasteiger partial charge in [-0.3, -0.25) is 4.79 Å². The third-order valence-corrected chi connectivity index (χ3v) is 5.54. The van der Waals surface area contributed by atoms with Crippen LogP contribution in [-0.2, 0) is 11.8 Å². The minimum absolute atomic E-state index is 0.191. The summed E-state index contributed by atoms with van der Waals surface area (Å²) in [6, 6.07) is 0. The first kappa shape index (κ1) is 13.2. The molecule has 0 bridgehead atoms. The Morgan fingerprint density at radius 2 is 2.14 bits per heavy atom. The number of hydrogen-bond donors (Lipinski definition) is 1. The molecule has 0 radical (unpaired) electrons. The van der Waals surface area contributed by atoms with Gasteiger partial charge in [-0.2, -0.15) is 0 Å². The normalized spacial score (nSPS) is 28.2. The molecule has 6 heteroatoms. The first-order valence-electron chi connectivity index (χ1n) is 8.03. The molecule has 1 aromatic heterocycles. The summed E-state index contributed by atoms with van der Waals surface area (Å²) in [5, 5.41) is 11.9. The van der Waals surface area contributed by atoms with E-state index < -0.39 is 0 Å². The molecule has 114 valence electrons. The van der Waals surface area contributed by atoms with Crippen molar-refractivity contribution < 1.29 is 4.79 Å². The molecule has 0 aromatic carbocycles. The van der Waals surface area contributed by atoms with Crippen molar-refractivity contribution in [3.63, 3.8) is 0 Å². The van der Waals surface area contributed by atoms with E-state index in [4.69, 9.17) is 0 Å². The largest absolute Gasteiger partial charge is 0.341 e. The van der Waals surface area contributed by atoms with E-state index >= 15 is 0 Å². The summed E-state index contributed by atoms with van der Waals surface area (Å²) in [6.07, 6.45) is 6.18. The standard InChI is InChI=1S/C15H23N5O/c1-19-10-17-18-13(19)12-8-20(14(21)11-2-3-11)9-15(12)4-6-16-7-5-15/h10-12,16H,2-9H2,1H3. The Bertz CT molecular complexity index is 544. The number of aryl methyl sites for hydroxylation is 1. The SMILES string of the molecule is Cn1cnnc1C1CN(C(=O)C2CC2)CC12CCNCC2. The Labute approximate surface area is 124 Å². The van der Waals surface area contributed by atoms with Gasteiger partial charge in [0.15, 0.2) is 0 Å². The van der Waals surface area contributed by atoms with Gasteiger partial charge in [0, 0.05) is 37.4 Å². The Morgan fingerprint density at radius 1 is 1.38 bits per heavy atom. The molecule has 1 atom stereocenters. The Hall–Kier alpha value is -1.43. The summed E-state index contributed by atoms with van der Waals surface area (Å²) in [4.78, 5) is 14.6. The zero-order valence-electron chi connectivity index (χ0n) is 12.6. The molecule has 1 saturated carbocycles. The molecule has 3 fully saturated rings. The second kappa shape index (κ2) is 4.80. The van der Waals surface area contributed by atoms with E-state index in [9.17, 15) is 4.79 Å². The summed E-state index contributed by atoms with van der Waals surface area (Å²) < 4.78 is 2.03.